The van der Waals surface area contributed by atoms with Gasteiger partial charge < -0.3 is 15.2 Å². The van der Waals surface area contributed by atoms with Crippen LogP contribution < -0.4 is 5.32 Å². The number of benzene rings is 1. The molecule has 1 aliphatic rings. The monoisotopic (exact) mass is 365 g/mol. The van der Waals surface area contributed by atoms with Gasteiger partial charge >= 0.3 is 5.97 Å². The molecule has 1 aliphatic heterocycles. The largest absolute Gasteiger partial charge is 0.454 e. The van der Waals surface area contributed by atoms with Gasteiger partial charge in [-0.05, 0) is 24.6 Å². The number of hydrogen-bond donors (Lipinski definition) is 2. The fourth-order valence-corrected chi connectivity index (χ4v) is 3.06. The van der Waals surface area contributed by atoms with E-state index in [-0.39, 0.29) is 12.1 Å². The Morgan fingerprint density at radius 1 is 1.33 bits per heavy atom. The zero-order valence-corrected chi connectivity index (χ0v) is 14.7. The molecule has 3 aromatic rings. The Bertz CT molecular complexity index is 957. The van der Waals surface area contributed by atoms with Crippen LogP contribution >= 0.6 is 0 Å². The summed E-state index contributed by atoms with van der Waals surface area (Å²) >= 11 is 0. The van der Waals surface area contributed by atoms with Crippen LogP contribution in [0.2, 0.25) is 0 Å². The van der Waals surface area contributed by atoms with Crippen LogP contribution in [0.4, 0.5) is 0 Å². The average molecular weight is 365 g/mol. The van der Waals surface area contributed by atoms with Gasteiger partial charge in [0.05, 0.1) is 24.1 Å². The van der Waals surface area contributed by atoms with Gasteiger partial charge in [0.2, 0.25) is 0 Å². The van der Waals surface area contributed by atoms with E-state index in [2.05, 4.69) is 20.4 Å². The number of hydrogen-bond acceptors (Lipinski definition) is 7. The van der Waals surface area contributed by atoms with Gasteiger partial charge in [-0.15, -0.1) is 0 Å². The molecule has 0 aliphatic carbocycles. The van der Waals surface area contributed by atoms with E-state index >= 15 is 0 Å². The lowest BCUT2D eigenvalue weighted by atomic mass is 9.99. The van der Waals surface area contributed by atoms with E-state index in [1.54, 1.807) is 41.6 Å². The second-order valence-electron chi connectivity index (χ2n) is 6.40. The number of nitrogens with one attached hydrogen (secondary N) is 1. The molecule has 4 rings (SSSR count). The van der Waals surface area contributed by atoms with Crippen LogP contribution in [0.1, 0.15) is 46.2 Å². The highest BCUT2D eigenvalue weighted by atomic mass is 16.5. The van der Waals surface area contributed by atoms with Crippen LogP contribution in [0, 0.1) is 0 Å². The van der Waals surface area contributed by atoms with Crippen molar-refractivity contribution in [1.29, 1.82) is 0 Å². The van der Waals surface area contributed by atoms with Crippen molar-refractivity contribution in [3.8, 4) is 5.82 Å². The van der Waals surface area contributed by atoms with E-state index in [0.717, 1.165) is 16.7 Å². The van der Waals surface area contributed by atoms with Crippen LogP contribution in [0.15, 0.2) is 49.2 Å². The molecule has 138 valence electrons. The van der Waals surface area contributed by atoms with Crippen molar-refractivity contribution in [2.24, 2.45) is 0 Å². The van der Waals surface area contributed by atoms with E-state index in [0.29, 0.717) is 24.5 Å². The van der Waals surface area contributed by atoms with Gasteiger partial charge in [0, 0.05) is 42.8 Å². The summed E-state index contributed by atoms with van der Waals surface area (Å²) < 4.78 is 6.84. The minimum atomic E-state index is -0.687. The molecule has 8 nitrogen and oxygen atoms in total. The smallest absolute Gasteiger partial charge is 0.339 e. The Labute approximate surface area is 155 Å². The van der Waals surface area contributed by atoms with Crippen LogP contribution in [0.5, 0.6) is 0 Å². The van der Waals surface area contributed by atoms with Gasteiger partial charge in [0.15, 0.2) is 5.82 Å². The molecule has 2 N–H and O–H groups in total. The maximum absolute atomic E-state index is 11.7. The fourth-order valence-electron chi connectivity index (χ4n) is 3.06. The first-order valence-corrected chi connectivity index (χ1v) is 8.65. The van der Waals surface area contributed by atoms with Crippen molar-refractivity contribution in [3.63, 3.8) is 0 Å². The van der Waals surface area contributed by atoms with Gasteiger partial charge in [-0.3, -0.25) is 4.98 Å². The summed E-state index contributed by atoms with van der Waals surface area (Å²) in [6.07, 6.45) is 7.50. The molecule has 0 radical (unpaired) electrons. The molecule has 0 saturated carbocycles. The number of aliphatic hydroxyl groups excluding tert-OH is 1. The van der Waals surface area contributed by atoms with Crippen LogP contribution in [-0.4, -0.2) is 37.4 Å². The number of carbonyl (C=O) groups is 1. The summed E-state index contributed by atoms with van der Waals surface area (Å²) in [5.74, 6) is 0.338. The lowest BCUT2D eigenvalue weighted by molar-refractivity contribution is 0.0421. The third kappa shape index (κ3) is 3.57. The molecule has 2 aromatic heterocycles. The van der Waals surface area contributed by atoms with E-state index < -0.39 is 6.10 Å². The van der Waals surface area contributed by atoms with E-state index in [1.165, 1.54) is 0 Å². The van der Waals surface area contributed by atoms with Gasteiger partial charge in [-0.25, -0.2) is 14.5 Å². The lowest BCUT2D eigenvalue weighted by Crippen LogP contribution is -2.21. The van der Waals surface area contributed by atoms with Gasteiger partial charge in [0.1, 0.15) is 6.10 Å². The summed E-state index contributed by atoms with van der Waals surface area (Å²) in [7, 11) is 0. The molecule has 0 saturated heterocycles. The summed E-state index contributed by atoms with van der Waals surface area (Å²) in [5.41, 5.74) is 3.11. The van der Waals surface area contributed by atoms with E-state index in [9.17, 15) is 9.90 Å². The highest BCUT2D eigenvalue weighted by Gasteiger charge is 2.28. The molecule has 2 atom stereocenters. The quantitative estimate of drug-likeness (QED) is 0.641. The molecule has 8 heteroatoms. The number of aliphatic hydroxyl groups is 1. The second kappa shape index (κ2) is 7.26. The fraction of sp³-hybridized carbons (Fsp3) is 0.263. The Hall–Kier alpha value is -3.10. The minimum absolute atomic E-state index is 0.278. The zero-order valence-electron chi connectivity index (χ0n) is 14.7. The first-order chi connectivity index (χ1) is 13.1. The SMILES string of the molecule is CC1OC(=O)c2ccc(C(O)CNCc3cnn(-c4cnccn4)c3)cc21. The third-order valence-corrected chi connectivity index (χ3v) is 4.49. The molecule has 27 heavy (non-hydrogen) atoms. The maximum atomic E-state index is 11.7. The van der Waals surface area contributed by atoms with Crippen molar-refractivity contribution < 1.29 is 14.6 Å². The number of carbonyl (C=O) groups excluding carboxylic acids is 1. The Balaban J connectivity index is 1.35. The molecular formula is C19H19N5O3. The summed E-state index contributed by atoms with van der Waals surface area (Å²) in [5, 5.41) is 17.9. The van der Waals surface area contributed by atoms with Crippen molar-refractivity contribution in [1.82, 2.24) is 25.1 Å². The summed E-state index contributed by atoms with van der Waals surface area (Å²) in [4.78, 5) is 19.9. The van der Waals surface area contributed by atoms with E-state index in [4.69, 9.17) is 4.74 Å². The zero-order chi connectivity index (χ0) is 18.8. The highest BCUT2D eigenvalue weighted by molar-refractivity contribution is 5.94. The number of fused-ring (bicyclic) bond motifs is 1. The van der Waals surface area contributed by atoms with Gasteiger partial charge in [0.25, 0.3) is 0 Å². The lowest BCUT2D eigenvalue weighted by Gasteiger charge is -2.13. The normalized spacial score (nSPS) is 16.8. The van der Waals surface area contributed by atoms with Crippen molar-refractivity contribution >= 4 is 5.97 Å². The molecule has 0 amide bonds. The first-order valence-electron chi connectivity index (χ1n) is 8.65. The Morgan fingerprint density at radius 2 is 2.22 bits per heavy atom. The average Bonchev–Trinajstić information content (AvgIpc) is 3.27. The predicted molar refractivity (Wildman–Crippen MR) is 96.1 cm³/mol. The minimum Gasteiger partial charge on any atom is -0.454 e. The van der Waals surface area contributed by atoms with Crippen LogP contribution in [0.25, 0.3) is 5.82 Å². The number of ether oxygens (including phenoxy) is 1. The molecule has 3 heterocycles. The number of esters is 1. The number of nitrogens with zero attached hydrogens (tertiary/aromatic N) is 4. The van der Waals surface area contributed by atoms with Crippen molar-refractivity contribution in [2.75, 3.05) is 6.54 Å². The summed E-state index contributed by atoms with van der Waals surface area (Å²) in [6, 6.07) is 5.31. The predicted octanol–water partition coefficient (Wildman–Crippen LogP) is 1.72. The molecule has 2 unspecified atom stereocenters. The maximum Gasteiger partial charge on any atom is 0.339 e. The van der Waals surface area contributed by atoms with Gasteiger partial charge in [-0.1, -0.05) is 6.07 Å². The molecule has 0 bridgehead atoms. The highest BCUT2D eigenvalue weighted by Crippen LogP contribution is 2.32. The summed E-state index contributed by atoms with van der Waals surface area (Å²) in [6.45, 7) is 2.76. The molecule has 0 spiro atoms. The first kappa shape index (κ1) is 17.3. The third-order valence-electron chi connectivity index (χ3n) is 4.49. The Kier molecular flexibility index (Phi) is 4.66. The van der Waals surface area contributed by atoms with Gasteiger partial charge in [-0.2, -0.15) is 5.10 Å². The molecular weight excluding hydrogens is 346 g/mol. The van der Waals surface area contributed by atoms with Crippen molar-refractivity contribution in [3.05, 3.63) is 71.4 Å². The molecule has 1 aromatic carbocycles. The van der Waals surface area contributed by atoms with Crippen molar-refractivity contribution in [2.45, 2.75) is 25.7 Å². The van der Waals surface area contributed by atoms with E-state index in [1.807, 2.05) is 19.2 Å². The van der Waals surface area contributed by atoms with Crippen LogP contribution in [0.3, 0.4) is 0 Å². The number of rotatable bonds is 6. The Morgan fingerprint density at radius 3 is 3.04 bits per heavy atom. The topological polar surface area (TPSA) is 102 Å². The molecule has 0 fully saturated rings. The second-order valence-corrected chi connectivity index (χ2v) is 6.40. The number of aromatic nitrogens is 4. The van der Waals surface area contributed by atoms with Crippen LogP contribution in [-0.2, 0) is 11.3 Å². The standard InChI is InChI=1S/C19H19N5O3/c1-12-16-6-14(2-3-15(16)19(26)27-12)17(25)9-21-7-13-8-23-24(11-13)18-10-20-4-5-22-18/h2-6,8,10-12,17,21,25H,7,9H2,1H3. The number of cyclic esters (lactones) is 1.